The van der Waals surface area contributed by atoms with Gasteiger partial charge in [-0.25, -0.2) is 0 Å². The fourth-order valence-electron chi connectivity index (χ4n) is 2.39. The lowest BCUT2D eigenvalue weighted by atomic mass is 10.1. The Labute approximate surface area is 146 Å². The van der Waals surface area contributed by atoms with Crippen molar-refractivity contribution >= 4 is 27.5 Å². The summed E-state index contributed by atoms with van der Waals surface area (Å²) in [5.74, 6) is -0.0823. The van der Waals surface area contributed by atoms with Crippen LogP contribution in [0.4, 0.5) is 5.69 Å². The van der Waals surface area contributed by atoms with Crippen molar-refractivity contribution in [3.8, 4) is 0 Å². The van der Waals surface area contributed by atoms with E-state index in [4.69, 9.17) is 0 Å². The third-order valence-corrected chi connectivity index (χ3v) is 4.82. The highest BCUT2D eigenvalue weighted by Crippen LogP contribution is 2.20. The monoisotopic (exact) mass is 374 g/mol. The molecule has 0 aromatic heterocycles. The lowest BCUT2D eigenvalue weighted by Gasteiger charge is -2.18. The van der Waals surface area contributed by atoms with Crippen LogP contribution in [0.5, 0.6) is 0 Å². The lowest BCUT2D eigenvalue weighted by Crippen LogP contribution is -2.22. The van der Waals surface area contributed by atoms with E-state index in [0.717, 1.165) is 35.4 Å². The number of amides is 1. The number of aryl methyl sites for hydroxylation is 1. The summed E-state index contributed by atoms with van der Waals surface area (Å²) in [6.45, 7) is 9.29. The summed E-state index contributed by atoms with van der Waals surface area (Å²) in [7, 11) is 0. The van der Waals surface area contributed by atoms with Crippen LogP contribution in [0.1, 0.15) is 35.3 Å². The lowest BCUT2D eigenvalue weighted by molar-refractivity contribution is 0.102. The van der Waals surface area contributed by atoms with Gasteiger partial charge in [-0.2, -0.15) is 0 Å². The van der Waals surface area contributed by atoms with Crippen molar-refractivity contribution in [3.05, 3.63) is 63.6 Å². The molecule has 4 heteroatoms. The number of hydrogen-bond donors (Lipinski definition) is 1. The number of anilines is 1. The van der Waals surface area contributed by atoms with Crippen LogP contribution in [-0.4, -0.2) is 23.9 Å². The topological polar surface area (TPSA) is 32.3 Å². The molecule has 122 valence electrons. The second-order valence-electron chi connectivity index (χ2n) is 5.58. The SMILES string of the molecule is CCN(CC)Cc1ccc(C(=O)Nc2ccc(Br)c(C)c2)cc1. The second-order valence-corrected chi connectivity index (χ2v) is 6.43. The van der Waals surface area contributed by atoms with E-state index in [9.17, 15) is 4.79 Å². The highest BCUT2D eigenvalue weighted by Gasteiger charge is 2.08. The molecule has 23 heavy (non-hydrogen) atoms. The quantitative estimate of drug-likeness (QED) is 0.783. The average Bonchev–Trinajstić information content (AvgIpc) is 2.56. The van der Waals surface area contributed by atoms with Crippen LogP contribution < -0.4 is 5.32 Å². The zero-order valence-corrected chi connectivity index (χ0v) is 15.5. The van der Waals surface area contributed by atoms with Gasteiger partial charge in [0.1, 0.15) is 0 Å². The van der Waals surface area contributed by atoms with Crippen molar-refractivity contribution in [1.82, 2.24) is 4.90 Å². The fraction of sp³-hybridized carbons (Fsp3) is 0.316. The highest BCUT2D eigenvalue weighted by molar-refractivity contribution is 9.10. The molecule has 0 aliphatic rings. The number of nitrogens with one attached hydrogen (secondary N) is 1. The molecule has 0 spiro atoms. The molecule has 2 aromatic rings. The van der Waals surface area contributed by atoms with Gasteiger partial charge < -0.3 is 5.32 Å². The molecule has 0 bridgehead atoms. The molecule has 1 amide bonds. The number of hydrogen-bond acceptors (Lipinski definition) is 2. The largest absolute Gasteiger partial charge is 0.322 e. The number of benzene rings is 2. The van der Waals surface area contributed by atoms with Gasteiger partial charge in [0.15, 0.2) is 0 Å². The predicted molar refractivity (Wildman–Crippen MR) is 99.9 cm³/mol. The van der Waals surface area contributed by atoms with Crippen LogP contribution in [0, 0.1) is 6.92 Å². The normalized spacial score (nSPS) is 10.8. The standard InChI is InChI=1S/C19H23BrN2O/c1-4-22(5-2)13-15-6-8-16(9-7-15)19(23)21-17-10-11-18(20)14(3)12-17/h6-12H,4-5,13H2,1-3H3,(H,21,23). The van der Waals surface area contributed by atoms with Crippen molar-refractivity contribution in [2.45, 2.75) is 27.3 Å². The first kappa shape index (κ1) is 17.7. The van der Waals surface area contributed by atoms with Crippen LogP contribution in [0.3, 0.4) is 0 Å². The van der Waals surface area contributed by atoms with Gasteiger partial charge in [0.2, 0.25) is 0 Å². The first-order valence-electron chi connectivity index (χ1n) is 7.92. The predicted octanol–water partition coefficient (Wildman–Crippen LogP) is 4.85. The van der Waals surface area contributed by atoms with Crippen LogP contribution in [-0.2, 0) is 6.54 Å². The molecule has 0 heterocycles. The number of carbonyl (C=O) groups excluding carboxylic acids is 1. The van der Waals surface area contributed by atoms with Crippen molar-refractivity contribution in [1.29, 1.82) is 0 Å². The molecule has 0 aliphatic carbocycles. The Morgan fingerprint density at radius 2 is 1.74 bits per heavy atom. The molecule has 0 saturated carbocycles. The summed E-state index contributed by atoms with van der Waals surface area (Å²) >= 11 is 3.46. The van der Waals surface area contributed by atoms with E-state index in [1.807, 2.05) is 49.4 Å². The van der Waals surface area contributed by atoms with E-state index in [0.29, 0.717) is 5.56 Å². The third-order valence-electron chi connectivity index (χ3n) is 3.93. The molecule has 0 aliphatic heterocycles. The summed E-state index contributed by atoms with van der Waals surface area (Å²) in [6.07, 6.45) is 0. The molecule has 0 atom stereocenters. The van der Waals surface area contributed by atoms with Crippen LogP contribution in [0.2, 0.25) is 0 Å². The minimum atomic E-state index is -0.0823. The minimum Gasteiger partial charge on any atom is -0.322 e. The molecule has 2 rings (SSSR count). The summed E-state index contributed by atoms with van der Waals surface area (Å²) in [5, 5.41) is 2.94. The number of nitrogens with zero attached hydrogens (tertiary/aromatic N) is 1. The van der Waals surface area contributed by atoms with Crippen LogP contribution >= 0.6 is 15.9 Å². The summed E-state index contributed by atoms with van der Waals surface area (Å²) < 4.78 is 1.04. The molecule has 0 fully saturated rings. The Hall–Kier alpha value is -1.65. The first-order valence-corrected chi connectivity index (χ1v) is 8.71. The molecule has 3 nitrogen and oxygen atoms in total. The van der Waals surface area contributed by atoms with E-state index >= 15 is 0 Å². The van der Waals surface area contributed by atoms with E-state index in [2.05, 4.69) is 40.0 Å². The fourth-order valence-corrected chi connectivity index (χ4v) is 2.64. The molecule has 1 N–H and O–H groups in total. The van der Waals surface area contributed by atoms with Crippen LogP contribution in [0.15, 0.2) is 46.9 Å². The smallest absolute Gasteiger partial charge is 0.255 e. The summed E-state index contributed by atoms with van der Waals surface area (Å²) in [4.78, 5) is 14.7. The van der Waals surface area contributed by atoms with Crippen molar-refractivity contribution in [2.24, 2.45) is 0 Å². The van der Waals surface area contributed by atoms with Gasteiger partial charge in [-0.1, -0.05) is 41.9 Å². The number of rotatable bonds is 6. The second kappa shape index (κ2) is 8.27. The zero-order chi connectivity index (χ0) is 16.8. The van der Waals surface area contributed by atoms with Gasteiger partial charge in [0, 0.05) is 22.3 Å². The molecular formula is C19H23BrN2O. The molecule has 0 radical (unpaired) electrons. The Kier molecular flexibility index (Phi) is 6.37. The van der Waals surface area contributed by atoms with Gasteiger partial charge in [-0.3, -0.25) is 9.69 Å². The molecule has 2 aromatic carbocycles. The maximum Gasteiger partial charge on any atom is 0.255 e. The zero-order valence-electron chi connectivity index (χ0n) is 13.9. The van der Waals surface area contributed by atoms with Gasteiger partial charge in [-0.15, -0.1) is 0 Å². The van der Waals surface area contributed by atoms with Gasteiger partial charge >= 0.3 is 0 Å². The van der Waals surface area contributed by atoms with E-state index < -0.39 is 0 Å². The maximum atomic E-state index is 12.3. The summed E-state index contributed by atoms with van der Waals surface area (Å²) in [5.41, 5.74) is 3.80. The number of halogens is 1. The minimum absolute atomic E-state index is 0.0823. The van der Waals surface area contributed by atoms with Crippen molar-refractivity contribution < 1.29 is 4.79 Å². The van der Waals surface area contributed by atoms with Crippen molar-refractivity contribution in [3.63, 3.8) is 0 Å². The average molecular weight is 375 g/mol. The van der Waals surface area contributed by atoms with Gasteiger partial charge in [0.05, 0.1) is 0 Å². The first-order chi connectivity index (χ1) is 11.0. The molecular weight excluding hydrogens is 352 g/mol. The molecule has 0 unspecified atom stereocenters. The summed E-state index contributed by atoms with van der Waals surface area (Å²) in [6, 6.07) is 13.6. The van der Waals surface area contributed by atoms with E-state index in [-0.39, 0.29) is 5.91 Å². The highest BCUT2D eigenvalue weighted by atomic mass is 79.9. The van der Waals surface area contributed by atoms with Gasteiger partial charge in [0.25, 0.3) is 5.91 Å². The number of carbonyl (C=O) groups is 1. The third kappa shape index (κ3) is 4.91. The Morgan fingerprint density at radius 1 is 1.09 bits per heavy atom. The Bertz CT molecular complexity index is 664. The Balaban J connectivity index is 2.03. The van der Waals surface area contributed by atoms with E-state index in [1.54, 1.807) is 0 Å². The maximum absolute atomic E-state index is 12.3. The molecule has 0 saturated heterocycles. The van der Waals surface area contributed by atoms with Crippen LogP contribution in [0.25, 0.3) is 0 Å². The van der Waals surface area contributed by atoms with Crippen molar-refractivity contribution in [2.75, 3.05) is 18.4 Å². The van der Waals surface area contributed by atoms with E-state index in [1.165, 1.54) is 5.56 Å². The Morgan fingerprint density at radius 3 is 2.30 bits per heavy atom. The van der Waals surface area contributed by atoms with Gasteiger partial charge in [-0.05, 0) is 61.5 Å².